The molecule has 174 valence electrons. The first-order chi connectivity index (χ1) is 14.2. The van der Waals surface area contributed by atoms with Crippen LogP contribution < -0.4 is 112 Å². The molecule has 1 aliphatic heterocycles. The number of nitrogens with zero attached hydrogens (tertiary/aromatic N) is 3. The molecule has 2 unspecified atom stereocenters. The van der Waals surface area contributed by atoms with E-state index < -0.39 is 54.0 Å². The van der Waals surface area contributed by atoms with Crippen LogP contribution >= 0.6 is 23.5 Å². The zero-order valence-electron chi connectivity index (χ0n) is 19.0. The summed E-state index contributed by atoms with van der Waals surface area (Å²) in [4.78, 5) is 65.3. The third kappa shape index (κ3) is 10.5. The zero-order valence-corrected chi connectivity index (χ0v) is 21.6. The maximum Gasteiger partial charge on any atom is 1.00 e. The van der Waals surface area contributed by atoms with Crippen LogP contribution in [0.15, 0.2) is 11.1 Å². The first-order valence-corrected chi connectivity index (χ1v) is 12.4. The fourth-order valence-electron chi connectivity index (χ4n) is 2.69. The van der Waals surface area contributed by atoms with E-state index in [2.05, 4.69) is 28.1 Å². The number of H-pyrrole nitrogens is 1. The van der Waals surface area contributed by atoms with Crippen molar-refractivity contribution in [2.45, 2.75) is 24.8 Å². The van der Waals surface area contributed by atoms with Gasteiger partial charge in [-0.1, -0.05) is 0 Å². The molecule has 3 heterocycles. The van der Waals surface area contributed by atoms with Crippen molar-refractivity contribution < 1.29 is 127 Å². The molecule has 1 fully saturated rings. The first-order valence-electron chi connectivity index (χ1n) is 8.00. The van der Waals surface area contributed by atoms with Gasteiger partial charge in [0, 0.05) is 12.5 Å². The SMILES string of the molecule is Nc1nc2c(ncn2[C@H]2C[C@H](N)[C@@H](COP(=O)([O-])OP(=O)([O-])OP(=O)([O-])[O-])O2)c(=O)[nH]1.[Li+].[Li+].[Li+].[Li+]. The molecule has 5 atom stereocenters. The number of ether oxygens (including phenoxy) is 1. The molecule has 5 N–H and O–H groups in total. The average Bonchev–Trinajstić information content (AvgIpc) is 3.13. The van der Waals surface area contributed by atoms with Gasteiger partial charge < -0.3 is 44.9 Å². The maximum absolute atomic E-state index is 11.8. The Morgan fingerprint density at radius 1 is 1.11 bits per heavy atom. The number of phosphoric ester groups is 1. The number of nitrogen functional groups attached to an aromatic ring is 1. The van der Waals surface area contributed by atoms with Gasteiger partial charge in [0.1, 0.15) is 6.23 Å². The zero-order chi connectivity index (χ0) is 23.2. The molecule has 0 saturated carbocycles. The molecule has 35 heavy (non-hydrogen) atoms. The second kappa shape index (κ2) is 14.3. The molecule has 0 aliphatic carbocycles. The van der Waals surface area contributed by atoms with Gasteiger partial charge in [0.05, 0.1) is 26.9 Å². The predicted molar refractivity (Wildman–Crippen MR) is 90.0 cm³/mol. The minimum atomic E-state index is -6.10. The molecule has 1 aliphatic rings. The fraction of sp³-hybridized carbons (Fsp3) is 0.500. The number of nitrogens with two attached hydrogens (primary N) is 2. The molecule has 2 aromatic heterocycles. The number of hydrogen-bond donors (Lipinski definition) is 3. The van der Waals surface area contributed by atoms with Crippen LogP contribution in [-0.2, 0) is 31.6 Å². The van der Waals surface area contributed by atoms with Gasteiger partial charge in [-0.25, -0.2) is 9.29 Å². The summed E-state index contributed by atoms with van der Waals surface area (Å²) in [6, 6.07) is -0.833. The van der Waals surface area contributed by atoms with E-state index in [4.69, 9.17) is 16.2 Å². The molecule has 1 saturated heterocycles. The standard InChI is InChI=1S/C10H17N6O12P3.4Li/c11-4-1-6(16-3-13-7-8(16)14-10(12)15-9(7)17)26-5(4)2-25-30(21,22)28-31(23,24)27-29(18,19)20;;;;/h3-6H,1-2,11H2,(H,21,22)(H,23,24)(H2,18,19,20)(H3,12,14,15,17);;;;/q;4*+1/p-4/t4-,5+,6+;;;;/m0..../s1. The Hall–Kier alpha value is 0.870. The van der Waals surface area contributed by atoms with Crippen LogP contribution in [0.3, 0.4) is 0 Å². The Morgan fingerprint density at radius 3 is 2.29 bits per heavy atom. The summed E-state index contributed by atoms with van der Waals surface area (Å²) in [5.41, 5.74) is 10.8. The molecule has 0 aromatic carbocycles. The van der Waals surface area contributed by atoms with Crippen molar-refractivity contribution in [1.29, 1.82) is 0 Å². The van der Waals surface area contributed by atoms with Crippen molar-refractivity contribution in [1.82, 2.24) is 19.5 Å². The third-order valence-corrected chi connectivity index (χ3v) is 7.51. The van der Waals surface area contributed by atoms with E-state index in [1.54, 1.807) is 0 Å². The van der Waals surface area contributed by atoms with Gasteiger partial charge in [-0.2, -0.15) is 4.98 Å². The first kappa shape index (κ1) is 38.0. The maximum atomic E-state index is 11.8. The topological polar surface area (TPSA) is 296 Å². The summed E-state index contributed by atoms with van der Waals surface area (Å²) in [6.45, 7) is -0.840. The summed E-state index contributed by atoms with van der Waals surface area (Å²) >= 11 is 0. The van der Waals surface area contributed by atoms with Crippen molar-refractivity contribution in [3.05, 3.63) is 16.7 Å². The summed E-state index contributed by atoms with van der Waals surface area (Å²) in [6.07, 6.45) is -0.680. The average molecular weight is 530 g/mol. The fourth-order valence-corrected chi connectivity index (χ4v) is 5.55. The molecule has 2 aromatic rings. The van der Waals surface area contributed by atoms with Gasteiger partial charge in [0.2, 0.25) is 5.95 Å². The van der Waals surface area contributed by atoms with Crippen molar-refractivity contribution in [3.8, 4) is 0 Å². The summed E-state index contributed by atoms with van der Waals surface area (Å²) < 4.78 is 50.8. The molecule has 0 radical (unpaired) electrons. The molecule has 18 nitrogen and oxygen atoms in total. The van der Waals surface area contributed by atoms with Gasteiger partial charge in [-0.05, 0) is 0 Å². The molecule has 0 amide bonds. The Labute approximate surface area is 244 Å². The van der Waals surface area contributed by atoms with Crippen LogP contribution in [0.25, 0.3) is 11.2 Å². The number of rotatable bonds is 8. The van der Waals surface area contributed by atoms with Crippen molar-refractivity contribution in [2.75, 3.05) is 12.3 Å². The smallest absolute Gasteiger partial charge is 0.790 e. The molecule has 25 heteroatoms. The monoisotopic (exact) mass is 530 g/mol. The van der Waals surface area contributed by atoms with Crippen LogP contribution in [0.2, 0.25) is 0 Å². The van der Waals surface area contributed by atoms with Gasteiger partial charge >= 0.3 is 75.4 Å². The van der Waals surface area contributed by atoms with Gasteiger partial charge in [0.15, 0.2) is 11.2 Å². The number of aromatic amines is 1. The van der Waals surface area contributed by atoms with Crippen LogP contribution in [0.4, 0.5) is 5.95 Å². The van der Waals surface area contributed by atoms with Crippen molar-refractivity contribution in [2.24, 2.45) is 5.73 Å². The number of hydrogen-bond acceptors (Lipinski definition) is 16. The summed E-state index contributed by atoms with van der Waals surface area (Å²) in [5, 5.41) is 0. The Bertz CT molecular complexity index is 1190. The number of anilines is 1. The van der Waals surface area contributed by atoms with E-state index in [0.717, 1.165) is 0 Å². The van der Waals surface area contributed by atoms with E-state index >= 15 is 0 Å². The third-order valence-electron chi connectivity index (χ3n) is 3.84. The van der Waals surface area contributed by atoms with E-state index in [1.165, 1.54) is 10.9 Å². The molecule has 0 spiro atoms. The van der Waals surface area contributed by atoms with E-state index in [9.17, 15) is 38.1 Å². The molecular weight excluding hydrogens is 517 g/mol. The summed E-state index contributed by atoms with van der Waals surface area (Å²) in [5.74, 6) is -0.184. The Kier molecular flexibility index (Phi) is 15.5. The van der Waals surface area contributed by atoms with Gasteiger partial charge in [-0.15, -0.1) is 0 Å². The Balaban J connectivity index is 0. The minimum absolute atomic E-state index is 0. The van der Waals surface area contributed by atoms with Gasteiger partial charge in [0.25, 0.3) is 21.2 Å². The van der Waals surface area contributed by atoms with E-state index in [1.807, 2.05) is 0 Å². The van der Waals surface area contributed by atoms with Crippen molar-refractivity contribution >= 4 is 40.6 Å². The van der Waals surface area contributed by atoms with Crippen LogP contribution in [0.1, 0.15) is 12.6 Å². The number of aromatic nitrogens is 4. The molecule has 3 rings (SSSR count). The second-order valence-corrected chi connectivity index (χ2v) is 10.4. The largest absolute Gasteiger partial charge is 1.00 e. The predicted octanol–water partition coefficient (Wildman–Crippen LogP) is -15.9. The molecular formula is C10H13Li4N6O12P3. The van der Waals surface area contributed by atoms with Crippen molar-refractivity contribution in [3.63, 3.8) is 0 Å². The minimum Gasteiger partial charge on any atom is -0.790 e. The van der Waals surface area contributed by atoms with Crippen LogP contribution in [0.5, 0.6) is 0 Å². The van der Waals surface area contributed by atoms with E-state index in [-0.39, 0.29) is 99.0 Å². The van der Waals surface area contributed by atoms with E-state index in [0.29, 0.717) is 0 Å². The number of phosphoric acid groups is 3. The summed E-state index contributed by atoms with van der Waals surface area (Å²) in [7, 11) is -17.9. The molecule has 0 bridgehead atoms. The number of nitrogens with one attached hydrogen (secondary N) is 1. The number of imidazole rings is 1. The van der Waals surface area contributed by atoms with Gasteiger partial charge in [-0.3, -0.25) is 27.8 Å². The Morgan fingerprint density at radius 2 is 1.71 bits per heavy atom. The number of fused-ring (bicyclic) bond motifs is 1. The normalized spacial score (nSPS) is 23.1. The van der Waals surface area contributed by atoms with Crippen LogP contribution in [0, 0.1) is 0 Å². The second-order valence-electron chi connectivity index (χ2n) is 6.10. The van der Waals surface area contributed by atoms with Crippen LogP contribution in [-0.4, -0.2) is 38.3 Å². The quantitative estimate of drug-likeness (QED) is 0.211.